The lowest BCUT2D eigenvalue weighted by molar-refractivity contribution is 0.417. The zero-order valence-corrected chi connectivity index (χ0v) is 21.2. The van der Waals surface area contributed by atoms with E-state index < -0.39 is 10.0 Å². The van der Waals surface area contributed by atoms with Crippen molar-refractivity contribution in [1.82, 2.24) is 19.9 Å². The average molecular weight is 521 g/mol. The number of methoxy groups -OCH3 is 1. The summed E-state index contributed by atoms with van der Waals surface area (Å²) in [6.07, 6.45) is 8.38. The van der Waals surface area contributed by atoms with Crippen molar-refractivity contribution in [3.05, 3.63) is 96.8 Å². The van der Waals surface area contributed by atoms with Gasteiger partial charge >= 0.3 is 0 Å². The molecule has 1 fully saturated rings. The van der Waals surface area contributed by atoms with Gasteiger partial charge in [0.05, 0.1) is 42.7 Å². The zero-order chi connectivity index (χ0) is 25.3. The van der Waals surface area contributed by atoms with E-state index in [0.29, 0.717) is 16.5 Å². The van der Waals surface area contributed by atoms with Gasteiger partial charge in [0.2, 0.25) is 10.0 Å². The minimum atomic E-state index is -3.48. The highest BCUT2D eigenvalue weighted by molar-refractivity contribution is 7.92. The molecule has 4 aromatic rings. The molecule has 1 aromatic carbocycles. The van der Waals surface area contributed by atoms with Crippen LogP contribution < -0.4 is 19.7 Å². The molecule has 1 saturated heterocycles. The topological polar surface area (TPSA) is 101 Å². The van der Waals surface area contributed by atoms with E-state index in [1.165, 1.54) is 7.11 Å². The van der Waals surface area contributed by atoms with Crippen LogP contribution in [0.15, 0.2) is 85.5 Å². The average Bonchev–Trinajstić information content (AvgIpc) is 3.49. The standard InChI is InChI=1S/C25H24N6O3S2/c1-34-22-15-17(10-11-19(22)29-36(2,32)33)31-24(23(28-25(31)35)20-8-3-4-13-27-20)21-9-6-14-30(21)18-7-5-12-26-16-18/h3-16,23-24,29H,1-2H3,(H,28,35)/t23-,24-/m1/s1. The van der Waals surface area contributed by atoms with Crippen molar-refractivity contribution in [3.8, 4) is 11.4 Å². The molecule has 0 spiro atoms. The van der Waals surface area contributed by atoms with Crippen LogP contribution >= 0.6 is 12.2 Å². The van der Waals surface area contributed by atoms with Crippen molar-refractivity contribution in [2.24, 2.45) is 0 Å². The molecule has 0 unspecified atom stereocenters. The maximum atomic E-state index is 11.8. The Labute approximate surface area is 214 Å². The van der Waals surface area contributed by atoms with Gasteiger partial charge in [-0.1, -0.05) is 6.07 Å². The lowest BCUT2D eigenvalue weighted by atomic mass is 10.0. The Bertz CT molecular complexity index is 1490. The van der Waals surface area contributed by atoms with E-state index in [0.717, 1.165) is 29.0 Å². The molecule has 0 radical (unpaired) electrons. The number of benzene rings is 1. The summed E-state index contributed by atoms with van der Waals surface area (Å²) in [5, 5.41) is 3.95. The van der Waals surface area contributed by atoms with Crippen LogP contribution in [-0.2, 0) is 10.0 Å². The second-order valence-electron chi connectivity index (χ2n) is 8.27. The summed E-state index contributed by atoms with van der Waals surface area (Å²) in [7, 11) is -1.98. The Balaban J connectivity index is 1.64. The summed E-state index contributed by atoms with van der Waals surface area (Å²) in [6, 6.07) is 18.4. The van der Waals surface area contributed by atoms with E-state index in [4.69, 9.17) is 17.0 Å². The van der Waals surface area contributed by atoms with Crippen LogP contribution in [0.2, 0.25) is 0 Å². The van der Waals surface area contributed by atoms with Gasteiger partial charge in [0.1, 0.15) is 11.8 Å². The summed E-state index contributed by atoms with van der Waals surface area (Å²) in [4.78, 5) is 10.9. The van der Waals surface area contributed by atoms with Gasteiger partial charge in [0.15, 0.2) is 5.11 Å². The molecule has 2 atom stereocenters. The molecule has 4 heterocycles. The van der Waals surface area contributed by atoms with Gasteiger partial charge in [0.25, 0.3) is 0 Å². The number of hydrogen-bond donors (Lipinski definition) is 2. The fourth-order valence-corrected chi connectivity index (χ4v) is 5.33. The van der Waals surface area contributed by atoms with E-state index in [1.54, 1.807) is 30.7 Å². The maximum absolute atomic E-state index is 11.8. The molecule has 1 aliphatic heterocycles. The van der Waals surface area contributed by atoms with E-state index in [1.807, 2.05) is 59.6 Å². The summed E-state index contributed by atoms with van der Waals surface area (Å²) in [5.41, 5.74) is 3.82. The van der Waals surface area contributed by atoms with Gasteiger partial charge in [-0.3, -0.25) is 14.7 Å². The maximum Gasteiger partial charge on any atom is 0.229 e. The zero-order valence-electron chi connectivity index (χ0n) is 19.6. The van der Waals surface area contributed by atoms with E-state index in [2.05, 4.69) is 24.6 Å². The Morgan fingerprint density at radius 1 is 1.06 bits per heavy atom. The molecule has 0 aliphatic carbocycles. The highest BCUT2D eigenvalue weighted by Crippen LogP contribution is 2.43. The summed E-state index contributed by atoms with van der Waals surface area (Å²) < 4.78 is 33.7. The van der Waals surface area contributed by atoms with Crippen LogP contribution in [-0.4, -0.2) is 41.4 Å². The van der Waals surface area contributed by atoms with Crippen LogP contribution in [0, 0.1) is 0 Å². The quantitative estimate of drug-likeness (QED) is 0.355. The molecule has 11 heteroatoms. The first-order valence-electron chi connectivity index (χ1n) is 11.1. The smallest absolute Gasteiger partial charge is 0.229 e. The molecule has 184 valence electrons. The summed E-state index contributed by atoms with van der Waals surface area (Å²) >= 11 is 5.82. The number of aromatic nitrogens is 3. The predicted octanol–water partition coefficient (Wildman–Crippen LogP) is 3.82. The predicted molar refractivity (Wildman–Crippen MR) is 143 cm³/mol. The highest BCUT2D eigenvalue weighted by atomic mass is 32.2. The molecule has 1 aliphatic rings. The second-order valence-corrected chi connectivity index (χ2v) is 10.4. The van der Waals surface area contributed by atoms with Gasteiger partial charge in [-0.25, -0.2) is 8.42 Å². The minimum Gasteiger partial charge on any atom is -0.494 e. The van der Waals surface area contributed by atoms with Crippen molar-refractivity contribution in [2.45, 2.75) is 12.1 Å². The first-order valence-corrected chi connectivity index (χ1v) is 13.4. The molecule has 0 bridgehead atoms. The third-order valence-corrected chi connectivity index (χ3v) is 6.77. The van der Waals surface area contributed by atoms with Gasteiger partial charge < -0.3 is 19.5 Å². The number of sulfonamides is 1. The normalized spacial score (nSPS) is 17.6. The SMILES string of the molecule is COc1cc(N2C(=S)N[C@H](c3ccccn3)[C@H]2c2cccn2-c2cccnc2)ccc1NS(C)(=O)=O. The summed E-state index contributed by atoms with van der Waals surface area (Å²) in [6.45, 7) is 0. The van der Waals surface area contributed by atoms with Crippen molar-refractivity contribution in [2.75, 3.05) is 23.0 Å². The lowest BCUT2D eigenvalue weighted by Gasteiger charge is -2.29. The molecule has 9 nitrogen and oxygen atoms in total. The van der Waals surface area contributed by atoms with Gasteiger partial charge in [-0.2, -0.15) is 0 Å². The van der Waals surface area contributed by atoms with Gasteiger partial charge in [-0.05, 0) is 60.7 Å². The molecule has 5 rings (SSSR count). The molecular formula is C25H24N6O3S2. The second kappa shape index (κ2) is 9.59. The largest absolute Gasteiger partial charge is 0.494 e. The number of nitrogens with one attached hydrogen (secondary N) is 2. The van der Waals surface area contributed by atoms with Crippen molar-refractivity contribution >= 4 is 38.7 Å². The third-order valence-electron chi connectivity index (χ3n) is 5.86. The number of thiocarbonyl (C=S) groups is 1. The third kappa shape index (κ3) is 4.62. The monoisotopic (exact) mass is 520 g/mol. The number of ether oxygens (including phenoxy) is 1. The molecule has 0 amide bonds. The molecule has 2 N–H and O–H groups in total. The number of anilines is 2. The first-order chi connectivity index (χ1) is 17.4. The first kappa shape index (κ1) is 23.8. The van der Waals surface area contributed by atoms with Crippen LogP contribution in [0.4, 0.5) is 11.4 Å². The van der Waals surface area contributed by atoms with Crippen LogP contribution in [0.25, 0.3) is 5.69 Å². The van der Waals surface area contributed by atoms with Crippen molar-refractivity contribution in [3.63, 3.8) is 0 Å². The Hall–Kier alpha value is -3.96. The van der Waals surface area contributed by atoms with Gasteiger partial charge in [-0.15, -0.1) is 0 Å². The number of pyridine rings is 2. The molecule has 3 aromatic heterocycles. The number of rotatable bonds is 7. The van der Waals surface area contributed by atoms with Gasteiger partial charge in [0, 0.05) is 36.0 Å². The molecule has 36 heavy (non-hydrogen) atoms. The van der Waals surface area contributed by atoms with E-state index in [9.17, 15) is 8.42 Å². The fourth-order valence-electron chi connectivity index (χ4n) is 4.41. The van der Waals surface area contributed by atoms with Crippen molar-refractivity contribution in [1.29, 1.82) is 0 Å². The van der Waals surface area contributed by atoms with Crippen molar-refractivity contribution < 1.29 is 13.2 Å². The number of nitrogens with zero attached hydrogens (tertiary/aromatic N) is 4. The number of hydrogen-bond acceptors (Lipinski definition) is 6. The Kier molecular flexibility index (Phi) is 6.33. The van der Waals surface area contributed by atoms with Crippen LogP contribution in [0.1, 0.15) is 23.5 Å². The van der Waals surface area contributed by atoms with E-state index >= 15 is 0 Å². The Morgan fingerprint density at radius 3 is 2.61 bits per heavy atom. The Morgan fingerprint density at radius 2 is 1.92 bits per heavy atom. The van der Waals surface area contributed by atoms with E-state index in [-0.39, 0.29) is 12.1 Å². The van der Waals surface area contributed by atoms with Crippen LogP contribution in [0.3, 0.4) is 0 Å². The minimum absolute atomic E-state index is 0.246. The molecule has 0 saturated carbocycles. The lowest BCUT2D eigenvalue weighted by Crippen LogP contribution is -2.30. The highest BCUT2D eigenvalue weighted by Gasteiger charge is 2.42. The summed E-state index contributed by atoms with van der Waals surface area (Å²) in [5.74, 6) is 0.378. The van der Waals surface area contributed by atoms with Crippen LogP contribution in [0.5, 0.6) is 5.75 Å². The molecular weight excluding hydrogens is 496 g/mol. The fraction of sp³-hybridized carbons (Fsp3) is 0.160.